The summed E-state index contributed by atoms with van der Waals surface area (Å²) in [6, 6.07) is 7.64. The number of nitrogens with two attached hydrogens (primary N) is 1. The molecule has 0 unspecified atom stereocenters. The number of primary amides is 1. The van der Waals surface area contributed by atoms with Crippen LogP contribution in [0, 0.1) is 0 Å². The van der Waals surface area contributed by atoms with Crippen molar-refractivity contribution in [1.29, 1.82) is 0 Å². The number of fused-ring (bicyclic) bond motifs is 3. The lowest BCUT2D eigenvalue weighted by Gasteiger charge is -2.36. The summed E-state index contributed by atoms with van der Waals surface area (Å²) in [7, 11) is -0.0885. The smallest absolute Gasteiger partial charge is 0.250 e. The Morgan fingerprint density at radius 2 is 1.88 bits per heavy atom. The summed E-state index contributed by atoms with van der Waals surface area (Å²) in [6.45, 7) is 11.0. The number of rotatable bonds is 3. The Labute approximate surface area is 148 Å². The van der Waals surface area contributed by atoms with E-state index in [0.717, 1.165) is 27.7 Å². The second-order valence-electron chi connectivity index (χ2n) is 7.99. The minimum absolute atomic E-state index is 0.0739. The molecule has 1 aromatic carbocycles. The van der Waals surface area contributed by atoms with E-state index in [2.05, 4.69) is 38.8 Å². The zero-order chi connectivity index (χ0) is 18.6. The van der Waals surface area contributed by atoms with E-state index in [-0.39, 0.29) is 5.04 Å². The molecule has 2 N–H and O–H groups in total. The highest BCUT2D eigenvalue weighted by molar-refractivity contribution is 6.74. The molecule has 1 amide bonds. The Kier molecular flexibility index (Phi) is 3.91. The van der Waals surface area contributed by atoms with Gasteiger partial charge >= 0.3 is 0 Å². The third-order valence-corrected chi connectivity index (χ3v) is 9.64. The van der Waals surface area contributed by atoms with Gasteiger partial charge in [-0.15, -0.1) is 0 Å². The minimum atomic E-state index is -2.03. The number of carbonyl (C=O) groups is 1. The van der Waals surface area contributed by atoms with Crippen LogP contribution in [0.1, 0.15) is 31.1 Å². The second kappa shape index (κ2) is 5.59. The van der Waals surface area contributed by atoms with E-state index in [1.165, 1.54) is 0 Å². The van der Waals surface area contributed by atoms with Gasteiger partial charge in [-0.1, -0.05) is 26.8 Å². The van der Waals surface area contributed by atoms with Crippen molar-refractivity contribution >= 4 is 36.2 Å². The lowest BCUT2D eigenvalue weighted by Crippen LogP contribution is -2.43. The van der Waals surface area contributed by atoms with E-state index in [1.807, 2.05) is 29.8 Å². The molecule has 0 saturated carbocycles. The van der Waals surface area contributed by atoms with Crippen LogP contribution in [0.2, 0.25) is 18.1 Å². The second-order valence-corrected chi connectivity index (χ2v) is 12.7. The summed E-state index contributed by atoms with van der Waals surface area (Å²) in [4.78, 5) is 16.4. The van der Waals surface area contributed by atoms with Gasteiger partial charge in [0.2, 0.25) is 5.91 Å². The van der Waals surface area contributed by atoms with Crippen molar-refractivity contribution in [2.24, 2.45) is 12.8 Å². The molecule has 0 fully saturated rings. The lowest BCUT2D eigenvalue weighted by atomic mass is 10.1. The maximum absolute atomic E-state index is 12.0. The Balaban J connectivity index is 2.37. The molecule has 3 rings (SSSR count). The van der Waals surface area contributed by atoms with E-state index in [1.54, 1.807) is 12.3 Å². The molecule has 0 aliphatic carbocycles. The summed E-state index contributed by atoms with van der Waals surface area (Å²) in [5, 5.41) is 1.75. The Morgan fingerprint density at radius 1 is 1.20 bits per heavy atom. The fourth-order valence-electron chi connectivity index (χ4n) is 2.83. The minimum Gasteiger partial charge on any atom is -0.543 e. The molecule has 3 aromatic rings. The van der Waals surface area contributed by atoms with E-state index < -0.39 is 14.2 Å². The number of aryl methyl sites for hydroxylation is 1. The van der Waals surface area contributed by atoms with Crippen molar-refractivity contribution < 1.29 is 9.22 Å². The molecule has 0 spiro atoms. The van der Waals surface area contributed by atoms with Crippen molar-refractivity contribution in [3.8, 4) is 5.75 Å². The third kappa shape index (κ3) is 2.70. The van der Waals surface area contributed by atoms with Gasteiger partial charge in [0, 0.05) is 18.6 Å². The molecule has 132 valence electrons. The third-order valence-electron chi connectivity index (χ3n) is 5.30. The van der Waals surface area contributed by atoms with Gasteiger partial charge in [-0.25, -0.2) is 4.98 Å². The first-order valence-electron chi connectivity index (χ1n) is 8.39. The zero-order valence-corrected chi connectivity index (χ0v) is 16.7. The van der Waals surface area contributed by atoms with Crippen LogP contribution in [0.4, 0.5) is 0 Å². The van der Waals surface area contributed by atoms with Gasteiger partial charge in [-0.05, 0) is 36.3 Å². The highest BCUT2D eigenvalue weighted by Gasteiger charge is 2.39. The van der Waals surface area contributed by atoms with Crippen molar-refractivity contribution in [3.05, 3.63) is 36.0 Å². The molecule has 0 bridgehead atoms. The molecule has 25 heavy (non-hydrogen) atoms. The number of pyridine rings is 1. The van der Waals surface area contributed by atoms with Gasteiger partial charge in [-0.3, -0.25) is 4.79 Å². The maximum atomic E-state index is 12.0. The topological polar surface area (TPSA) is 70.1 Å². The van der Waals surface area contributed by atoms with E-state index in [9.17, 15) is 4.79 Å². The predicted octanol–water partition coefficient (Wildman–Crippen LogP) is 4.21. The summed E-state index contributed by atoms with van der Waals surface area (Å²) >= 11 is 0. The molecule has 0 radical (unpaired) electrons. The van der Waals surface area contributed by atoms with E-state index in [4.69, 9.17) is 10.2 Å². The number of amides is 1. The fourth-order valence-corrected chi connectivity index (χ4v) is 3.86. The normalized spacial score (nSPS) is 12.7. The first kappa shape index (κ1) is 17.5. The number of aromatic nitrogens is 2. The first-order chi connectivity index (χ1) is 11.5. The molecular weight excluding hydrogens is 330 g/mol. The van der Waals surface area contributed by atoms with Crippen molar-refractivity contribution in [2.75, 3.05) is 0 Å². The van der Waals surface area contributed by atoms with Crippen molar-refractivity contribution in [1.82, 2.24) is 9.55 Å². The van der Waals surface area contributed by atoms with Crippen LogP contribution in [-0.4, -0.2) is 23.8 Å². The van der Waals surface area contributed by atoms with Crippen LogP contribution in [-0.2, 0) is 7.05 Å². The SMILES string of the molecule is Cn1c2cccc(O[Si](C)(C)C(C)(C)C)c2c2c(C(N)=O)ccnc21. The van der Waals surface area contributed by atoms with Crippen molar-refractivity contribution in [3.63, 3.8) is 0 Å². The Morgan fingerprint density at radius 3 is 2.48 bits per heavy atom. The number of hydrogen-bond donors (Lipinski definition) is 1. The van der Waals surface area contributed by atoms with Crippen molar-refractivity contribution in [2.45, 2.75) is 38.9 Å². The average Bonchev–Trinajstić information content (AvgIpc) is 2.80. The van der Waals surface area contributed by atoms with Gasteiger partial charge in [0.05, 0.1) is 16.5 Å². The van der Waals surface area contributed by atoms with Crippen LogP contribution in [0.25, 0.3) is 21.9 Å². The zero-order valence-electron chi connectivity index (χ0n) is 15.7. The maximum Gasteiger partial charge on any atom is 0.250 e. The Hall–Kier alpha value is -2.34. The molecule has 5 nitrogen and oxygen atoms in total. The highest BCUT2D eigenvalue weighted by Crippen LogP contribution is 2.41. The van der Waals surface area contributed by atoms with E-state index >= 15 is 0 Å². The van der Waals surface area contributed by atoms with Crippen LogP contribution in [0.3, 0.4) is 0 Å². The summed E-state index contributed by atoms with van der Waals surface area (Å²) in [6.07, 6.45) is 1.62. The highest BCUT2D eigenvalue weighted by atomic mass is 28.4. The average molecular weight is 356 g/mol. The van der Waals surface area contributed by atoms with Crippen LogP contribution < -0.4 is 10.2 Å². The number of nitrogens with zero attached hydrogens (tertiary/aromatic N) is 2. The molecule has 0 saturated heterocycles. The largest absolute Gasteiger partial charge is 0.543 e. The monoisotopic (exact) mass is 355 g/mol. The quantitative estimate of drug-likeness (QED) is 0.716. The van der Waals surface area contributed by atoms with Crippen LogP contribution in [0.15, 0.2) is 30.5 Å². The number of benzene rings is 1. The van der Waals surface area contributed by atoms with Gasteiger partial charge in [0.1, 0.15) is 11.4 Å². The summed E-state index contributed by atoms with van der Waals surface area (Å²) in [5.41, 5.74) is 7.81. The summed E-state index contributed by atoms with van der Waals surface area (Å²) < 4.78 is 8.56. The van der Waals surface area contributed by atoms with Gasteiger partial charge in [0.25, 0.3) is 8.32 Å². The number of carbonyl (C=O) groups excluding carboxylic acids is 1. The predicted molar refractivity (Wildman–Crippen MR) is 105 cm³/mol. The molecule has 2 aromatic heterocycles. The molecular formula is C19H25N3O2Si. The van der Waals surface area contributed by atoms with Gasteiger partial charge < -0.3 is 14.7 Å². The lowest BCUT2D eigenvalue weighted by molar-refractivity contribution is 0.100. The van der Waals surface area contributed by atoms with Gasteiger partial charge in [-0.2, -0.15) is 0 Å². The molecule has 2 heterocycles. The standard InChI is InChI=1S/C19H25N3O2Si/c1-19(2,3)25(5,6)24-14-9-7-8-13-16(14)15-12(17(20)23)10-11-21-18(15)22(13)4/h7-11H,1-6H3,(H2,20,23). The molecule has 0 aliphatic heterocycles. The van der Waals surface area contributed by atoms with Gasteiger partial charge in [0.15, 0.2) is 0 Å². The number of hydrogen-bond acceptors (Lipinski definition) is 3. The summed E-state index contributed by atoms with van der Waals surface area (Å²) in [5.74, 6) is 0.340. The molecule has 6 heteroatoms. The molecule has 0 aliphatic rings. The molecule has 0 atom stereocenters. The van der Waals surface area contributed by atoms with Crippen LogP contribution in [0.5, 0.6) is 5.75 Å². The van der Waals surface area contributed by atoms with E-state index in [0.29, 0.717) is 5.56 Å². The first-order valence-corrected chi connectivity index (χ1v) is 11.3. The van der Waals surface area contributed by atoms with Crippen LogP contribution >= 0.6 is 0 Å². The Bertz CT molecular complexity index is 984. The fraction of sp³-hybridized carbons (Fsp3) is 0.368.